The van der Waals surface area contributed by atoms with Crippen molar-refractivity contribution in [1.29, 1.82) is 0 Å². The van der Waals surface area contributed by atoms with Gasteiger partial charge in [0, 0.05) is 12.1 Å². The van der Waals surface area contributed by atoms with E-state index in [0.717, 1.165) is 0 Å². The molecule has 0 heterocycles. The van der Waals surface area contributed by atoms with Crippen LogP contribution in [0.5, 0.6) is 5.75 Å². The van der Waals surface area contributed by atoms with Gasteiger partial charge in [0.25, 0.3) is 5.91 Å². The Labute approximate surface area is 126 Å². The van der Waals surface area contributed by atoms with E-state index in [4.69, 9.17) is 33.0 Å². The quantitative estimate of drug-likeness (QED) is 0.810. The summed E-state index contributed by atoms with van der Waals surface area (Å²) in [7, 11) is 0. The van der Waals surface area contributed by atoms with Crippen LogP contribution in [0.25, 0.3) is 0 Å². The number of carboxylic acid groups (broad SMARTS) is 1. The average Bonchev–Trinajstić information content (AvgIpc) is 2.39. The summed E-state index contributed by atoms with van der Waals surface area (Å²) in [5.74, 6) is -0.924. The van der Waals surface area contributed by atoms with E-state index in [-0.39, 0.29) is 18.9 Å². The maximum Gasteiger partial charge on any atom is 0.305 e. The smallest absolute Gasteiger partial charge is 0.305 e. The molecule has 2 N–H and O–H groups in total. The zero-order chi connectivity index (χ0) is 15.1. The fourth-order valence-electron chi connectivity index (χ4n) is 1.49. The molecule has 1 unspecified atom stereocenters. The molecule has 0 aromatic heterocycles. The van der Waals surface area contributed by atoms with Crippen molar-refractivity contribution < 1.29 is 19.4 Å². The van der Waals surface area contributed by atoms with Gasteiger partial charge in [-0.1, -0.05) is 30.1 Å². The minimum atomic E-state index is -0.956. The highest BCUT2D eigenvalue weighted by atomic mass is 35.5. The lowest BCUT2D eigenvalue weighted by molar-refractivity contribution is -0.137. The number of carboxylic acids is 1. The van der Waals surface area contributed by atoms with Crippen LogP contribution in [0.1, 0.15) is 19.8 Å². The largest absolute Gasteiger partial charge is 0.484 e. The predicted octanol–water partition coefficient (Wildman–Crippen LogP) is 2.74. The second-order valence-corrected chi connectivity index (χ2v) is 4.95. The Morgan fingerprint density at radius 2 is 2.05 bits per heavy atom. The summed E-state index contributed by atoms with van der Waals surface area (Å²) in [4.78, 5) is 22.2. The molecule has 0 aliphatic heterocycles. The summed E-state index contributed by atoms with van der Waals surface area (Å²) in [6, 6.07) is 4.26. The highest BCUT2D eigenvalue weighted by Gasteiger charge is 2.14. The van der Waals surface area contributed by atoms with E-state index in [1.165, 1.54) is 6.07 Å². The molecule has 0 radical (unpaired) electrons. The lowest BCUT2D eigenvalue weighted by Crippen LogP contribution is -2.38. The Morgan fingerprint density at radius 3 is 2.60 bits per heavy atom. The third-order valence-corrected chi connectivity index (χ3v) is 3.28. The molecule has 20 heavy (non-hydrogen) atoms. The molecular formula is C13H15Cl2NO4. The van der Waals surface area contributed by atoms with Crippen LogP contribution in [0.4, 0.5) is 0 Å². The number of halogens is 2. The summed E-state index contributed by atoms with van der Waals surface area (Å²) in [6.45, 7) is 1.59. The van der Waals surface area contributed by atoms with Crippen molar-refractivity contribution in [1.82, 2.24) is 5.32 Å². The second-order valence-electron chi connectivity index (χ2n) is 4.14. The van der Waals surface area contributed by atoms with Crippen molar-refractivity contribution >= 4 is 35.1 Å². The molecule has 5 nitrogen and oxygen atoms in total. The maximum atomic E-state index is 11.6. The Kier molecular flexibility index (Phi) is 6.61. The van der Waals surface area contributed by atoms with E-state index in [1.54, 1.807) is 19.1 Å². The van der Waals surface area contributed by atoms with Gasteiger partial charge in [0.1, 0.15) is 5.75 Å². The Morgan fingerprint density at radius 1 is 1.35 bits per heavy atom. The highest BCUT2D eigenvalue weighted by molar-refractivity contribution is 6.42. The standard InChI is InChI=1S/C13H15Cl2NO4/c1-2-8(5-13(18)19)16-12(17)7-20-9-3-4-10(14)11(15)6-9/h3-4,6,8H,2,5,7H2,1H3,(H,16,17)(H,18,19). The highest BCUT2D eigenvalue weighted by Crippen LogP contribution is 2.26. The van der Waals surface area contributed by atoms with Gasteiger partial charge in [-0.2, -0.15) is 0 Å². The van der Waals surface area contributed by atoms with Crippen LogP contribution >= 0.6 is 23.2 Å². The number of hydrogen-bond acceptors (Lipinski definition) is 3. The molecule has 1 aromatic rings. The number of benzene rings is 1. The van der Waals surface area contributed by atoms with Crippen LogP contribution in [0.15, 0.2) is 18.2 Å². The molecule has 0 aliphatic rings. The Bertz CT molecular complexity index is 493. The van der Waals surface area contributed by atoms with Gasteiger partial charge in [0.2, 0.25) is 0 Å². The summed E-state index contributed by atoms with van der Waals surface area (Å²) < 4.78 is 5.25. The molecule has 0 aliphatic carbocycles. The number of nitrogens with one attached hydrogen (secondary N) is 1. The van der Waals surface area contributed by atoms with E-state index in [9.17, 15) is 9.59 Å². The second kappa shape index (κ2) is 7.97. The number of rotatable bonds is 7. The summed E-state index contributed by atoms with van der Waals surface area (Å²) in [6.07, 6.45) is 0.416. The van der Waals surface area contributed by atoms with Crippen molar-refractivity contribution in [3.63, 3.8) is 0 Å². The van der Waals surface area contributed by atoms with Crippen molar-refractivity contribution in [3.05, 3.63) is 28.2 Å². The van der Waals surface area contributed by atoms with Crippen molar-refractivity contribution in [2.75, 3.05) is 6.61 Å². The minimum Gasteiger partial charge on any atom is -0.484 e. The minimum absolute atomic E-state index is 0.116. The molecule has 1 aromatic carbocycles. The Hall–Kier alpha value is -1.46. The zero-order valence-electron chi connectivity index (χ0n) is 10.9. The van der Waals surface area contributed by atoms with Gasteiger partial charge in [-0.3, -0.25) is 9.59 Å². The molecule has 7 heteroatoms. The normalized spacial score (nSPS) is 11.8. The molecule has 1 rings (SSSR count). The molecule has 1 amide bonds. The first kappa shape index (κ1) is 16.6. The molecule has 0 fully saturated rings. The monoisotopic (exact) mass is 319 g/mol. The average molecular weight is 320 g/mol. The van der Waals surface area contributed by atoms with Crippen molar-refractivity contribution in [2.24, 2.45) is 0 Å². The topological polar surface area (TPSA) is 75.6 Å². The molecular weight excluding hydrogens is 305 g/mol. The molecule has 0 saturated carbocycles. The van der Waals surface area contributed by atoms with Crippen LogP contribution in [-0.4, -0.2) is 29.6 Å². The zero-order valence-corrected chi connectivity index (χ0v) is 12.4. The number of carbonyl (C=O) groups is 2. The Balaban J connectivity index is 2.46. The van der Waals surface area contributed by atoms with Crippen molar-refractivity contribution in [2.45, 2.75) is 25.8 Å². The van der Waals surface area contributed by atoms with Gasteiger partial charge in [-0.05, 0) is 18.6 Å². The predicted molar refractivity (Wildman–Crippen MR) is 76.4 cm³/mol. The molecule has 0 saturated heterocycles. The number of carbonyl (C=O) groups excluding carboxylic acids is 1. The molecule has 0 bridgehead atoms. The van der Waals surface area contributed by atoms with E-state index < -0.39 is 12.0 Å². The van der Waals surface area contributed by atoms with Crippen LogP contribution in [-0.2, 0) is 9.59 Å². The van der Waals surface area contributed by atoms with Crippen LogP contribution < -0.4 is 10.1 Å². The van der Waals surface area contributed by atoms with Gasteiger partial charge in [-0.25, -0.2) is 0 Å². The van der Waals surface area contributed by atoms with Crippen LogP contribution in [0.3, 0.4) is 0 Å². The fraction of sp³-hybridized carbons (Fsp3) is 0.385. The fourth-order valence-corrected chi connectivity index (χ4v) is 1.78. The maximum absolute atomic E-state index is 11.6. The van der Waals surface area contributed by atoms with Gasteiger partial charge in [0.05, 0.1) is 16.5 Å². The van der Waals surface area contributed by atoms with E-state index in [0.29, 0.717) is 22.2 Å². The molecule has 110 valence electrons. The van der Waals surface area contributed by atoms with Crippen molar-refractivity contribution in [3.8, 4) is 5.75 Å². The third-order valence-electron chi connectivity index (χ3n) is 2.54. The number of aliphatic carboxylic acids is 1. The van der Waals surface area contributed by atoms with Gasteiger partial charge >= 0.3 is 5.97 Å². The van der Waals surface area contributed by atoms with E-state index >= 15 is 0 Å². The van der Waals surface area contributed by atoms with Gasteiger partial charge in [0.15, 0.2) is 6.61 Å². The molecule has 1 atom stereocenters. The third kappa shape index (κ3) is 5.67. The lowest BCUT2D eigenvalue weighted by atomic mass is 10.1. The van der Waals surface area contributed by atoms with Gasteiger partial charge < -0.3 is 15.2 Å². The van der Waals surface area contributed by atoms with Crippen LogP contribution in [0.2, 0.25) is 10.0 Å². The van der Waals surface area contributed by atoms with E-state index in [2.05, 4.69) is 5.32 Å². The number of ether oxygens (including phenoxy) is 1. The first-order valence-corrected chi connectivity index (χ1v) is 6.77. The lowest BCUT2D eigenvalue weighted by Gasteiger charge is -2.15. The number of amides is 1. The molecule has 0 spiro atoms. The van der Waals surface area contributed by atoms with E-state index in [1.807, 2.05) is 0 Å². The summed E-state index contributed by atoms with van der Waals surface area (Å²) in [5.41, 5.74) is 0. The summed E-state index contributed by atoms with van der Waals surface area (Å²) >= 11 is 11.6. The van der Waals surface area contributed by atoms with Crippen LogP contribution in [0, 0.1) is 0 Å². The summed E-state index contributed by atoms with van der Waals surface area (Å²) in [5, 5.41) is 12.0. The SMILES string of the molecule is CCC(CC(=O)O)NC(=O)COc1ccc(Cl)c(Cl)c1. The number of hydrogen-bond donors (Lipinski definition) is 2. The first-order valence-electron chi connectivity index (χ1n) is 6.01. The van der Waals surface area contributed by atoms with Gasteiger partial charge in [-0.15, -0.1) is 0 Å². The first-order chi connectivity index (χ1) is 9.42.